The smallest absolute Gasteiger partial charge is 0.264 e. The van der Waals surface area contributed by atoms with E-state index in [4.69, 9.17) is 0 Å². The maximum Gasteiger partial charge on any atom is 0.311 e. The molecular weight excluding hydrogens is 374 g/mol. The van der Waals surface area contributed by atoms with Gasteiger partial charge in [-0.2, -0.15) is 5.10 Å². The predicted molar refractivity (Wildman–Crippen MR) is 118 cm³/mol. The summed E-state index contributed by atoms with van der Waals surface area (Å²) in [4.78, 5) is 17.0. The van der Waals surface area contributed by atoms with Gasteiger partial charge in [0.15, 0.2) is 5.82 Å². The normalized spacial score (nSPS) is 11.2. The van der Waals surface area contributed by atoms with E-state index in [0.29, 0.717) is 5.82 Å². The average Bonchev–Trinajstić information content (AvgIpc) is 3.26. The molecule has 0 aliphatic heterocycles. The molecule has 146 valence electrons. The van der Waals surface area contributed by atoms with Gasteiger partial charge in [-0.15, -0.1) is 5.10 Å². The molecule has 0 saturated carbocycles. The number of amides is 1. The second kappa shape index (κ2) is 9.25. The van der Waals surface area contributed by atoms with Crippen LogP contribution in [0.3, 0.4) is 0 Å². The second-order valence-corrected chi connectivity index (χ2v) is 6.36. The van der Waals surface area contributed by atoms with Gasteiger partial charge in [0.2, 0.25) is 5.82 Å². The first kappa shape index (κ1) is 19.0. The summed E-state index contributed by atoms with van der Waals surface area (Å²) in [5, 5.41) is 8.35. The van der Waals surface area contributed by atoms with Crippen LogP contribution in [-0.2, 0) is 0 Å². The Morgan fingerprint density at radius 3 is 2.20 bits per heavy atom. The number of carbonyl (C=O) groups excluding carboxylic acids is 1. The number of rotatable bonds is 6. The van der Waals surface area contributed by atoms with Crippen molar-refractivity contribution in [1.82, 2.24) is 20.2 Å². The molecule has 0 unspecified atom stereocenters. The number of nitrogens with zero attached hydrogens (tertiary/aromatic N) is 4. The minimum atomic E-state index is -0.480. The minimum absolute atomic E-state index is 0.0434. The van der Waals surface area contributed by atoms with Gasteiger partial charge in [-0.3, -0.25) is 4.79 Å². The van der Waals surface area contributed by atoms with E-state index in [1.165, 1.54) is 6.21 Å². The summed E-state index contributed by atoms with van der Waals surface area (Å²) in [5.74, 6) is 0.146. The highest BCUT2D eigenvalue weighted by Gasteiger charge is 2.18. The second-order valence-electron chi connectivity index (χ2n) is 6.36. The van der Waals surface area contributed by atoms with Gasteiger partial charge in [-0.05, 0) is 23.8 Å². The highest BCUT2D eigenvalue weighted by molar-refractivity contribution is 5.91. The lowest BCUT2D eigenvalue weighted by Gasteiger charge is -2.05. The fraction of sp³-hybridized carbons (Fsp3) is 0. The van der Waals surface area contributed by atoms with Crippen molar-refractivity contribution < 1.29 is 4.79 Å². The zero-order valence-corrected chi connectivity index (χ0v) is 16.1. The monoisotopic (exact) mass is 393 g/mol. The van der Waals surface area contributed by atoms with Crippen LogP contribution >= 0.6 is 0 Å². The van der Waals surface area contributed by atoms with Gasteiger partial charge >= 0.3 is 5.91 Å². The van der Waals surface area contributed by atoms with Gasteiger partial charge < -0.3 is 0 Å². The summed E-state index contributed by atoms with van der Waals surface area (Å²) in [6, 6.07) is 29.0. The van der Waals surface area contributed by atoms with Crippen LogP contribution in [-0.4, -0.2) is 26.9 Å². The maximum absolute atomic E-state index is 12.5. The number of hydrogen-bond donors (Lipinski definition) is 1. The Kier molecular flexibility index (Phi) is 5.86. The van der Waals surface area contributed by atoms with Gasteiger partial charge in [-0.1, -0.05) is 84.9 Å². The van der Waals surface area contributed by atoms with E-state index in [2.05, 4.69) is 20.6 Å². The molecule has 0 saturated heterocycles. The van der Waals surface area contributed by atoms with E-state index in [1.807, 2.05) is 97.1 Å². The molecule has 4 rings (SSSR count). The van der Waals surface area contributed by atoms with E-state index in [1.54, 1.807) is 10.8 Å². The van der Waals surface area contributed by atoms with E-state index < -0.39 is 5.91 Å². The average molecular weight is 393 g/mol. The van der Waals surface area contributed by atoms with Crippen LogP contribution in [0.4, 0.5) is 0 Å². The van der Waals surface area contributed by atoms with Crippen molar-refractivity contribution in [3.05, 3.63) is 108 Å². The first-order chi connectivity index (χ1) is 14.8. The molecule has 4 aromatic rings. The molecule has 0 atom stereocenters. The molecule has 6 heteroatoms. The number of aromatic nitrogens is 3. The van der Waals surface area contributed by atoms with Crippen molar-refractivity contribution in [2.75, 3.05) is 0 Å². The zero-order valence-electron chi connectivity index (χ0n) is 16.1. The Morgan fingerprint density at radius 1 is 0.867 bits per heavy atom. The third-order valence-electron chi connectivity index (χ3n) is 4.26. The van der Waals surface area contributed by atoms with Crippen molar-refractivity contribution >= 4 is 18.2 Å². The summed E-state index contributed by atoms with van der Waals surface area (Å²) in [5.41, 5.74) is 5.20. The van der Waals surface area contributed by atoms with Crippen LogP contribution in [0.2, 0.25) is 0 Å². The van der Waals surface area contributed by atoms with Gasteiger partial charge in [0.1, 0.15) is 0 Å². The Hall–Kier alpha value is -4.32. The van der Waals surface area contributed by atoms with Crippen LogP contribution < -0.4 is 5.43 Å². The lowest BCUT2D eigenvalue weighted by atomic mass is 10.2. The standard InChI is InChI=1S/C24H19N5O/c30-24(27-25-18-10-13-19-11-4-1-5-12-19)22-26-23(20-14-6-2-7-15-20)29(28-22)21-16-8-3-9-17-21/h1-18H,(H,27,30). The molecule has 0 aliphatic rings. The SMILES string of the molecule is O=C(NN=CC=Cc1ccccc1)c1nc(-c2ccccc2)n(-c2ccccc2)n1. The topological polar surface area (TPSA) is 72.2 Å². The van der Waals surface area contributed by atoms with Crippen LogP contribution in [0.1, 0.15) is 16.2 Å². The van der Waals surface area contributed by atoms with Crippen LogP contribution in [0, 0.1) is 0 Å². The molecule has 0 aliphatic carbocycles. The molecule has 30 heavy (non-hydrogen) atoms. The molecular formula is C24H19N5O. The number of benzene rings is 3. The predicted octanol–water partition coefficient (Wildman–Crippen LogP) is 4.36. The van der Waals surface area contributed by atoms with E-state index in [-0.39, 0.29) is 5.82 Å². The quantitative estimate of drug-likeness (QED) is 0.391. The van der Waals surface area contributed by atoms with E-state index in [9.17, 15) is 4.79 Å². The third kappa shape index (κ3) is 4.56. The molecule has 3 aromatic carbocycles. The number of nitrogens with one attached hydrogen (secondary N) is 1. The number of allylic oxidation sites excluding steroid dienone is 1. The lowest BCUT2D eigenvalue weighted by molar-refractivity contribution is 0.0945. The van der Waals surface area contributed by atoms with Gasteiger partial charge in [0.05, 0.1) is 5.69 Å². The molecule has 1 N–H and O–H groups in total. The largest absolute Gasteiger partial charge is 0.311 e. The Labute approximate surface area is 174 Å². The Balaban J connectivity index is 1.54. The first-order valence-corrected chi connectivity index (χ1v) is 9.44. The highest BCUT2D eigenvalue weighted by atomic mass is 16.2. The first-order valence-electron chi connectivity index (χ1n) is 9.44. The summed E-state index contributed by atoms with van der Waals surface area (Å²) >= 11 is 0. The Morgan fingerprint density at radius 2 is 1.50 bits per heavy atom. The van der Waals surface area contributed by atoms with Gasteiger partial charge in [0.25, 0.3) is 0 Å². The number of carbonyl (C=O) groups is 1. The maximum atomic E-state index is 12.5. The molecule has 0 bridgehead atoms. The molecule has 0 fully saturated rings. The number of hydrazone groups is 1. The van der Waals surface area contributed by atoms with Crippen molar-refractivity contribution in [3.8, 4) is 17.1 Å². The number of para-hydroxylation sites is 1. The van der Waals surface area contributed by atoms with E-state index >= 15 is 0 Å². The zero-order chi connectivity index (χ0) is 20.6. The molecule has 1 aromatic heterocycles. The number of hydrogen-bond acceptors (Lipinski definition) is 4. The summed E-state index contributed by atoms with van der Waals surface area (Å²) in [6.45, 7) is 0. The fourth-order valence-corrected chi connectivity index (χ4v) is 2.84. The van der Waals surface area contributed by atoms with Crippen LogP contribution in [0.5, 0.6) is 0 Å². The van der Waals surface area contributed by atoms with Gasteiger partial charge in [-0.25, -0.2) is 15.1 Å². The highest BCUT2D eigenvalue weighted by Crippen LogP contribution is 2.20. The summed E-state index contributed by atoms with van der Waals surface area (Å²) in [7, 11) is 0. The van der Waals surface area contributed by atoms with Crippen molar-refractivity contribution in [2.24, 2.45) is 5.10 Å². The van der Waals surface area contributed by atoms with Gasteiger partial charge in [0, 0.05) is 11.8 Å². The lowest BCUT2D eigenvalue weighted by Crippen LogP contribution is -2.19. The van der Waals surface area contributed by atoms with Crippen molar-refractivity contribution in [1.29, 1.82) is 0 Å². The summed E-state index contributed by atoms with van der Waals surface area (Å²) < 4.78 is 1.66. The van der Waals surface area contributed by atoms with Crippen molar-refractivity contribution in [3.63, 3.8) is 0 Å². The van der Waals surface area contributed by atoms with Crippen LogP contribution in [0.15, 0.2) is 102 Å². The fourth-order valence-electron chi connectivity index (χ4n) is 2.84. The molecule has 1 amide bonds. The third-order valence-corrected chi connectivity index (χ3v) is 4.26. The van der Waals surface area contributed by atoms with Crippen LogP contribution in [0.25, 0.3) is 23.2 Å². The minimum Gasteiger partial charge on any atom is -0.264 e. The van der Waals surface area contributed by atoms with E-state index in [0.717, 1.165) is 16.8 Å². The van der Waals surface area contributed by atoms with Crippen molar-refractivity contribution in [2.45, 2.75) is 0 Å². The molecule has 0 radical (unpaired) electrons. The Bertz CT molecular complexity index is 1110. The molecule has 0 spiro atoms. The molecule has 6 nitrogen and oxygen atoms in total. The summed E-state index contributed by atoms with van der Waals surface area (Å²) in [6.07, 6.45) is 5.16. The molecule has 1 heterocycles.